The number of nitrogens with two attached hydrogens (primary N) is 1. The minimum atomic E-state index is 0.186. The molecule has 0 saturated carbocycles. The van der Waals surface area contributed by atoms with Crippen LogP contribution >= 0.6 is 23.5 Å². The molecule has 5 heteroatoms. The lowest BCUT2D eigenvalue weighted by Gasteiger charge is -2.31. The summed E-state index contributed by atoms with van der Waals surface area (Å²) in [5, 5.41) is 0.528. The van der Waals surface area contributed by atoms with Gasteiger partial charge in [-0.05, 0) is 18.4 Å². The van der Waals surface area contributed by atoms with Crippen LogP contribution in [0, 0.1) is 0 Å². The van der Waals surface area contributed by atoms with E-state index >= 15 is 0 Å². The number of aryl methyl sites for hydroxylation is 1. The highest BCUT2D eigenvalue weighted by Gasteiger charge is 2.29. The number of thioether (sulfide) groups is 2. The van der Waals surface area contributed by atoms with Crippen molar-refractivity contribution in [1.29, 1.82) is 0 Å². The van der Waals surface area contributed by atoms with E-state index < -0.39 is 0 Å². The number of rotatable bonds is 3. The average molecular weight is 296 g/mol. The summed E-state index contributed by atoms with van der Waals surface area (Å²) >= 11 is 4.04. The number of fused-ring (bicyclic) bond motifs is 1. The molecule has 0 aliphatic carbocycles. The Morgan fingerprint density at radius 3 is 3.11 bits per heavy atom. The van der Waals surface area contributed by atoms with Gasteiger partial charge in [-0.15, -0.1) is 0 Å². The van der Waals surface area contributed by atoms with Crippen molar-refractivity contribution in [2.75, 3.05) is 23.9 Å². The maximum absolute atomic E-state index is 5.92. The Morgan fingerprint density at radius 2 is 2.32 bits per heavy atom. The predicted molar refractivity (Wildman–Crippen MR) is 83.9 cm³/mol. The van der Waals surface area contributed by atoms with Crippen molar-refractivity contribution >= 4 is 23.5 Å². The van der Waals surface area contributed by atoms with Crippen LogP contribution in [0.25, 0.3) is 0 Å². The standard InChI is InChI=1S/C14H20N2OS2/c15-16-13(12-9-18-7-8-19-12)11-5-1-3-10-4-2-6-17-14(10)11/h1,3,5,12-13,16H,2,4,6-9,15H2. The first kappa shape index (κ1) is 13.6. The van der Waals surface area contributed by atoms with Crippen molar-refractivity contribution in [3.05, 3.63) is 29.3 Å². The average Bonchev–Trinajstić information content (AvgIpc) is 2.49. The van der Waals surface area contributed by atoms with Crippen molar-refractivity contribution in [2.24, 2.45) is 5.84 Å². The first-order valence-electron chi connectivity index (χ1n) is 6.80. The zero-order valence-corrected chi connectivity index (χ0v) is 12.6. The Bertz CT molecular complexity index is 435. The topological polar surface area (TPSA) is 47.3 Å². The second kappa shape index (κ2) is 6.39. The lowest BCUT2D eigenvalue weighted by Crippen LogP contribution is -2.38. The Morgan fingerprint density at radius 1 is 1.37 bits per heavy atom. The lowest BCUT2D eigenvalue weighted by molar-refractivity contribution is 0.281. The summed E-state index contributed by atoms with van der Waals surface area (Å²) < 4.78 is 5.92. The van der Waals surface area contributed by atoms with E-state index in [1.807, 2.05) is 23.5 Å². The van der Waals surface area contributed by atoms with E-state index in [2.05, 4.69) is 23.6 Å². The van der Waals surface area contributed by atoms with Gasteiger partial charge in [0.1, 0.15) is 5.75 Å². The number of nitrogens with one attached hydrogen (secondary N) is 1. The van der Waals surface area contributed by atoms with Crippen LogP contribution in [-0.2, 0) is 6.42 Å². The Balaban J connectivity index is 1.90. The second-order valence-corrected chi connectivity index (χ2v) is 7.41. The largest absolute Gasteiger partial charge is 0.493 e. The SMILES string of the molecule is NNC(c1cccc2c1OCCC2)C1CSCCS1. The molecule has 1 fully saturated rings. The van der Waals surface area contributed by atoms with Crippen molar-refractivity contribution in [3.8, 4) is 5.75 Å². The third kappa shape index (κ3) is 2.89. The van der Waals surface area contributed by atoms with E-state index in [4.69, 9.17) is 10.6 Å². The molecule has 3 N–H and O–H groups in total. The normalized spacial score (nSPS) is 24.4. The number of ether oxygens (including phenoxy) is 1. The van der Waals surface area contributed by atoms with Gasteiger partial charge >= 0.3 is 0 Å². The molecule has 0 amide bonds. The highest BCUT2D eigenvalue weighted by atomic mass is 32.2. The highest BCUT2D eigenvalue weighted by molar-refractivity contribution is 8.06. The van der Waals surface area contributed by atoms with Gasteiger partial charge < -0.3 is 4.74 Å². The summed E-state index contributed by atoms with van der Waals surface area (Å²) in [5.41, 5.74) is 5.59. The van der Waals surface area contributed by atoms with Gasteiger partial charge in [-0.1, -0.05) is 18.2 Å². The van der Waals surface area contributed by atoms with Crippen molar-refractivity contribution in [3.63, 3.8) is 0 Å². The Kier molecular flexibility index (Phi) is 4.58. The number of hydrogen-bond donors (Lipinski definition) is 2. The fourth-order valence-electron chi connectivity index (χ4n) is 2.76. The summed E-state index contributed by atoms with van der Waals surface area (Å²) in [6, 6.07) is 6.65. The smallest absolute Gasteiger partial charge is 0.127 e. The van der Waals surface area contributed by atoms with E-state index in [0.717, 1.165) is 31.0 Å². The number of para-hydroxylation sites is 1. The van der Waals surface area contributed by atoms with Gasteiger partial charge in [0.15, 0.2) is 0 Å². The molecule has 1 aromatic rings. The van der Waals surface area contributed by atoms with Crippen LogP contribution in [0.15, 0.2) is 18.2 Å². The van der Waals surface area contributed by atoms with E-state index in [-0.39, 0.29) is 6.04 Å². The molecule has 0 radical (unpaired) electrons. The highest BCUT2D eigenvalue weighted by Crippen LogP contribution is 2.39. The molecule has 3 rings (SSSR count). The lowest BCUT2D eigenvalue weighted by atomic mass is 9.97. The van der Waals surface area contributed by atoms with E-state index in [0.29, 0.717) is 5.25 Å². The minimum absolute atomic E-state index is 0.186. The molecule has 0 aromatic heterocycles. The molecule has 3 nitrogen and oxygen atoms in total. The van der Waals surface area contributed by atoms with Crippen molar-refractivity contribution < 1.29 is 4.74 Å². The number of hydrogen-bond acceptors (Lipinski definition) is 5. The molecule has 2 aliphatic heterocycles. The molecular weight excluding hydrogens is 276 g/mol. The molecule has 1 aromatic carbocycles. The molecule has 2 heterocycles. The van der Waals surface area contributed by atoms with Gasteiger partial charge in [0.25, 0.3) is 0 Å². The summed E-state index contributed by atoms with van der Waals surface area (Å²) in [4.78, 5) is 0. The van der Waals surface area contributed by atoms with Crippen LogP contribution < -0.4 is 16.0 Å². The summed E-state index contributed by atoms with van der Waals surface area (Å²) in [7, 11) is 0. The predicted octanol–water partition coefficient (Wildman–Crippen LogP) is 2.36. The molecule has 0 bridgehead atoms. The van der Waals surface area contributed by atoms with Gasteiger partial charge in [0.05, 0.1) is 12.6 Å². The first-order valence-corrected chi connectivity index (χ1v) is 9.00. The van der Waals surface area contributed by atoms with Crippen LogP contribution in [0.2, 0.25) is 0 Å². The molecule has 19 heavy (non-hydrogen) atoms. The third-order valence-electron chi connectivity index (χ3n) is 3.69. The third-order valence-corrected chi connectivity index (χ3v) is 6.56. The van der Waals surface area contributed by atoms with Crippen molar-refractivity contribution in [2.45, 2.75) is 24.1 Å². The molecule has 1 saturated heterocycles. The monoisotopic (exact) mass is 296 g/mol. The minimum Gasteiger partial charge on any atom is -0.493 e. The van der Waals surface area contributed by atoms with Gasteiger partial charge in [-0.2, -0.15) is 23.5 Å². The summed E-state index contributed by atoms with van der Waals surface area (Å²) in [5.74, 6) is 10.5. The van der Waals surface area contributed by atoms with Gasteiger partial charge in [0.2, 0.25) is 0 Å². The fourth-order valence-corrected chi connectivity index (χ4v) is 5.60. The van der Waals surface area contributed by atoms with Crippen LogP contribution in [0.3, 0.4) is 0 Å². The van der Waals surface area contributed by atoms with E-state index in [9.17, 15) is 0 Å². The quantitative estimate of drug-likeness (QED) is 0.662. The van der Waals surface area contributed by atoms with Gasteiger partial charge in [-0.3, -0.25) is 11.3 Å². The van der Waals surface area contributed by atoms with Crippen LogP contribution in [0.5, 0.6) is 5.75 Å². The van der Waals surface area contributed by atoms with Crippen LogP contribution in [0.4, 0.5) is 0 Å². The van der Waals surface area contributed by atoms with Gasteiger partial charge in [0, 0.05) is 28.1 Å². The van der Waals surface area contributed by atoms with E-state index in [1.54, 1.807) is 0 Å². The van der Waals surface area contributed by atoms with Crippen molar-refractivity contribution in [1.82, 2.24) is 5.43 Å². The molecule has 2 unspecified atom stereocenters. The zero-order chi connectivity index (χ0) is 13.1. The Hall–Kier alpha value is -0.360. The molecular formula is C14H20N2OS2. The maximum Gasteiger partial charge on any atom is 0.127 e. The summed E-state index contributed by atoms with van der Waals surface area (Å²) in [6.07, 6.45) is 2.23. The van der Waals surface area contributed by atoms with Gasteiger partial charge in [-0.25, -0.2) is 0 Å². The summed E-state index contributed by atoms with van der Waals surface area (Å²) in [6.45, 7) is 0.827. The zero-order valence-electron chi connectivity index (χ0n) is 10.9. The first-order chi connectivity index (χ1) is 9.40. The number of benzene rings is 1. The number of hydrazine groups is 1. The molecule has 2 aliphatic rings. The second-order valence-electron chi connectivity index (χ2n) is 4.92. The van der Waals surface area contributed by atoms with Crippen LogP contribution in [0.1, 0.15) is 23.6 Å². The fraction of sp³-hybridized carbons (Fsp3) is 0.571. The molecule has 0 spiro atoms. The molecule has 104 valence electrons. The maximum atomic E-state index is 5.92. The Labute approximate surface area is 123 Å². The molecule has 2 atom stereocenters. The van der Waals surface area contributed by atoms with Crippen LogP contribution in [-0.4, -0.2) is 29.1 Å². The van der Waals surface area contributed by atoms with E-state index in [1.165, 1.54) is 22.6 Å².